The van der Waals surface area contributed by atoms with E-state index in [1.54, 1.807) is 25.2 Å². The highest BCUT2D eigenvalue weighted by Crippen LogP contribution is 2.33. The van der Waals surface area contributed by atoms with Gasteiger partial charge in [0.1, 0.15) is 0 Å². The second kappa shape index (κ2) is 3.64. The molecule has 0 amide bonds. The smallest absolute Gasteiger partial charge is 0.358 e. The number of nitro groups is 1. The number of nitrogens with zero attached hydrogens (tertiary/aromatic N) is 4. The number of aryl methyl sites for hydroxylation is 1. The lowest BCUT2D eigenvalue weighted by atomic mass is 10.1. The van der Waals surface area contributed by atoms with Crippen LogP contribution in [0, 0.1) is 10.1 Å². The number of hydrogen-bond acceptors (Lipinski definition) is 4. The maximum atomic E-state index is 10.8. The summed E-state index contributed by atoms with van der Waals surface area (Å²) in [6.45, 7) is 0. The first kappa shape index (κ1) is 10.9. The van der Waals surface area contributed by atoms with Gasteiger partial charge in [0.2, 0.25) is 0 Å². The summed E-state index contributed by atoms with van der Waals surface area (Å²) in [7, 11) is 1.63. The van der Waals surface area contributed by atoms with E-state index in [2.05, 4.69) is 10.1 Å². The second-order valence-corrected chi connectivity index (χ2v) is 4.33. The fraction of sp³-hybridized carbons (Fsp3) is 0.0909. The minimum absolute atomic E-state index is 0.209. The molecule has 0 fully saturated rings. The number of halogens is 1. The van der Waals surface area contributed by atoms with Crippen molar-refractivity contribution in [1.82, 2.24) is 14.8 Å². The zero-order valence-corrected chi connectivity index (χ0v) is 10.0. The Kier molecular flexibility index (Phi) is 2.21. The van der Waals surface area contributed by atoms with Crippen LogP contribution in [0.15, 0.2) is 24.3 Å². The van der Waals surface area contributed by atoms with Crippen LogP contribution in [0.4, 0.5) is 5.82 Å². The van der Waals surface area contributed by atoms with Crippen LogP contribution in [-0.2, 0) is 7.05 Å². The molecule has 1 aromatic rings. The van der Waals surface area contributed by atoms with E-state index in [0.29, 0.717) is 16.4 Å². The molecular weight excluding hydrogens is 256 g/mol. The van der Waals surface area contributed by atoms with Crippen LogP contribution in [0.25, 0.3) is 22.3 Å². The van der Waals surface area contributed by atoms with Gasteiger partial charge in [-0.15, -0.1) is 0 Å². The Bertz CT molecular complexity index is 752. The fourth-order valence-electron chi connectivity index (χ4n) is 1.95. The molecule has 0 N–H and O–H groups in total. The average molecular weight is 263 g/mol. The average Bonchev–Trinajstić information content (AvgIpc) is 2.68. The third-order valence-electron chi connectivity index (χ3n) is 2.74. The summed E-state index contributed by atoms with van der Waals surface area (Å²) in [5.74, 6) is 0.386. The van der Waals surface area contributed by atoms with Gasteiger partial charge in [-0.25, -0.2) is 4.98 Å². The summed E-state index contributed by atoms with van der Waals surface area (Å²) in [4.78, 5) is 14.7. The highest BCUT2D eigenvalue weighted by atomic mass is 35.5. The molecular formula is C11H7ClN4O2. The molecule has 6 nitrogen and oxygen atoms in total. The van der Waals surface area contributed by atoms with E-state index >= 15 is 0 Å². The summed E-state index contributed by atoms with van der Waals surface area (Å²) >= 11 is 5.93. The lowest BCUT2D eigenvalue weighted by Gasteiger charge is -2.01. The van der Waals surface area contributed by atoms with E-state index in [1.807, 2.05) is 0 Å². The first-order chi connectivity index (χ1) is 8.56. The molecule has 1 aromatic carbocycles. The van der Waals surface area contributed by atoms with Crippen molar-refractivity contribution < 1.29 is 4.92 Å². The van der Waals surface area contributed by atoms with Gasteiger partial charge in [-0.05, 0) is 23.1 Å². The number of hydrogen-bond donors (Lipinski definition) is 0. The van der Waals surface area contributed by atoms with E-state index in [9.17, 15) is 10.1 Å². The highest BCUT2D eigenvalue weighted by molar-refractivity contribution is 6.31. The number of fused-ring (bicyclic) bond motifs is 3. The lowest BCUT2D eigenvalue weighted by Crippen LogP contribution is -2.05. The minimum Gasteiger partial charge on any atom is -0.358 e. The van der Waals surface area contributed by atoms with Crippen molar-refractivity contribution in [2.24, 2.45) is 7.05 Å². The molecule has 0 unspecified atom stereocenters. The van der Waals surface area contributed by atoms with Crippen LogP contribution < -0.4 is 0 Å². The molecule has 0 spiro atoms. The maximum Gasteiger partial charge on any atom is 0.389 e. The van der Waals surface area contributed by atoms with Crippen molar-refractivity contribution in [1.29, 1.82) is 0 Å². The van der Waals surface area contributed by atoms with E-state index in [0.717, 1.165) is 10.9 Å². The van der Waals surface area contributed by atoms with Gasteiger partial charge in [0, 0.05) is 16.0 Å². The summed E-state index contributed by atoms with van der Waals surface area (Å²) in [5, 5.41) is 16.0. The van der Waals surface area contributed by atoms with Crippen molar-refractivity contribution in [3.05, 3.63) is 39.4 Å². The normalized spacial score (nSPS) is 11.2. The summed E-state index contributed by atoms with van der Waals surface area (Å²) in [5.41, 5.74) is 1.42. The molecule has 18 heavy (non-hydrogen) atoms. The molecule has 0 saturated heterocycles. The van der Waals surface area contributed by atoms with Crippen molar-refractivity contribution >= 4 is 28.3 Å². The predicted octanol–water partition coefficient (Wildman–Crippen LogP) is 2.63. The second-order valence-electron chi connectivity index (χ2n) is 3.89. The first-order valence-electron chi connectivity index (χ1n) is 5.13. The molecule has 0 aliphatic carbocycles. The Labute approximate surface area is 106 Å². The van der Waals surface area contributed by atoms with Crippen molar-refractivity contribution in [3.63, 3.8) is 0 Å². The molecule has 3 rings (SSSR count). The molecule has 0 bridgehead atoms. The SMILES string of the molecule is Cn1nc([N+](=O)[O-])cc2c3cc(Cl)ccc3nc1-2. The Morgan fingerprint density at radius 3 is 2.89 bits per heavy atom. The lowest BCUT2D eigenvalue weighted by molar-refractivity contribution is -0.390. The van der Waals surface area contributed by atoms with Gasteiger partial charge >= 0.3 is 5.82 Å². The molecule has 0 saturated carbocycles. The van der Waals surface area contributed by atoms with Crippen molar-refractivity contribution in [2.75, 3.05) is 0 Å². The standard InChI is InChI=1S/C11H7ClN4O2/c1-15-11-8(5-10(14-15)16(17)18)7-4-6(12)2-3-9(7)13-11/h2-5H,1H3. The topological polar surface area (TPSA) is 73.8 Å². The Balaban J connectivity index is 2.44. The van der Waals surface area contributed by atoms with Gasteiger partial charge in [0.25, 0.3) is 0 Å². The van der Waals surface area contributed by atoms with Crippen LogP contribution in [-0.4, -0.2) is 19.7 Å². The summed E-state index contributed by atoms with van der Waals surface area (Å²) in [6.07, 6.45) is 0. The Morgan fingerprint density at radius 1 is 1.39 bits per heavy atom. The Hall–Kier alpha value is -2.21. The number of rotatable bonds is 1. The minimum atomic E-state index is -0.525. The van der Waals surface area contributed by atoms with Crippen LogP contribution in [0.5, 0.6) is 0 Å². The maximum absolute atomic E-state index is 10.8. The van der Waals surface area contributed by atoms with Crippen LogP contribution in [0.1, 0.15) is 0 Å². The molecule has 0 radical (unpaired) electrons. The van der Waals surface area contributed by atoms with Gasteiger partial charge in [-0.1, -0.05) is 11.6 Å². The predicted molar refractivity (Wildman–Crippen MR) is 66.8 cm³/mol. The number of aromatic nitrogens is 3. The van der Waals surface area contributed by atoms with Gasteiger partial charge < -0.3 is 10.1 Å². The van der Waals surface area contributed by atoms with E-state index in [4.69, 9.17) is 11.6 Å². The zero-order valence-electron chi connectivity index (χ0n) is 9.29. The molecule has 0 aromatic heterocycles. The van der Waals surface area contributed by atoms with E-state index in [1.165, 1.54) is 10.7 Å². The van der Waals surface area contributed by atoms with Gasteiger partial charge in [-0.3, -0.25) is 0 Å². The third kappa shape index (κ3) is 1.50. The fourth-order valence-corrected chi connectivity index (χ4v) is 2.13. The molecule has 2 heterocycles. The third-order valence-corrected chi connectivity index (χ3v) is 2.97. The largest absolute Gasteiger partial charge is 0.389 e. The summed E-state index contributed by atoms with van der Waals surface area (Å²) in [6, 6.07) is 6.68. The molecule has 0 atom stereocenters. The van der Waals surface area contributed by atoms with Gasteiger partial charge in [0.15, 0.2) is 5.82 Å². The van der Waals surface area contributed by atoms with E-state index in [-0.39, 0.29) is 5.82 Å². The molecule has 7 heteroatoms. The quantitative estimate of drug-likeness (QED) is 0.499. The molecule has 2 aliphatic heterocycles. The Morgan fingerprint density at radius 2 is 2.17 bits per heavy atom. The zero-order chi connectivity index (χ0) is 12.9. The van der Waals surface area contributed by atoms with Crippen molar-refractivity contribution in [2.45, 2.75) is 0 Å². The first-order valence-corrected chi connectivity index (χ1v) is 5.51. The highest BCUT2D eigenvalue weighted by Gasteiger charge is 2.21. The van der Waals surface area contributed by atoms with Crippen LogP contribution in [0.3, 0.4) is 0 Å². The van der Waals surface area contributed by atoms with Gasteiger partial charge in [-0.2, -0.15) is 4.68 Å². The molecule has 90 valence electrons. The van der Waals surface area contributed by atoms with E-state index < -0.39 is 4.92 Å². The van der Waals surface area contributed by atoms with Crippen LogP contribution >= 0.6 is 11.6 Å². The molecule has 2 aliphatic rings. The monoisotopic (exact) mass is 262 g/mol. The number of benzene rings is 1. The van der Waals surface area contributed by atoms with Crippen LogP contribution in [0.2, 0.25) is 5.02 Å². The summed E-state index contributed by atoms with van der Waals surface area (Å²) < 4.78 is 1.40. The van der Waals surface area contributed by atoms with Gasteiger partial charge in [0.05, 0.1) is 23.7 Å². The van der Waals surface area contributed by atoms with Crippen molar-refractivity contribution in [3.8, 4) is 11.4 Å².